The lowest BCUT2D eigenvalue weighted by atomic mass is 10.1. The standard InChI is InChI=1S/C26H26N4O8S/c1-7-39(35,36)22-12-21(38-6)18(9-15(22)4)28-30-24-19(31)11-16(26(33)34)23(25(24)32)29-27-17-8-13(2)14(3)10-20(17)37-5/h7-12,27-28H,1H2,2-6H3,(H,33,34). The van der Waals surface area contributed by atoms with Gasteiger partial charge in [-0.3, -0.25) is 20.4 Å². The van der Waals surface area contributed by atoms with Crippen molar-refractivity contribution in [3.05, 3.63) is 95.7 Å². The first kappa shape index (κ1) is 28.8. The van der Waals surface area contributed by atoms with E-state index in [0.717, 1.165) is 22.6 Å². The molecule has 204 valence electrons. The average Bonchev–Trinajstić information content (AvgIpc) is 2.89. The van der Waals surface area contributed by atoms with Crippen LogP contribution in [-0.2, 0) is 9.84 Å². The van der Waals surface area contributed by atoms with Crippen molar-refractivity contribution >= 4 is 27.2 Å². The van der Waals surface area contributed by atoms with Gasteiger partial charge in [-0.05, 0) is 55.7 Å². The summed E-state index contributed by atoms with van der Waals surface area (Å²) in [6.45, 7) is 8.58. The summed E-state index contributed by atoms with van der Waals surface area (Å²) in [4.78, 5) is 37.6. The van der Waals surface area contributed by atoms with Gasteiger partial charge in [-0.15, -0.1) is 0 Å². The molecule has 0 amide bonds. The van der Waals surface area contributed by atoms with Crippen molar-refractivity contribution in [2.75, 3.05) is 25.1 Å². The number of carboxylic acids is 1. The van der Waals surface area contributed by atoms with Gasteiger partial charge in [-0.2, -0.15) is 10.2 Å². The highest BCUT2D eigenvalue weighted by Gasteiger charge is 2.18. The molecule has 0 aliphatic heterocycles. The minimum atomic E-state index is -3.78. The van der Waals surface area contributed by atoms with E-state index in [-0.39, 0.29) is 16.3 Å². The highest BCUT2D eigenvalue weighted by Crippen LogP contribution is 2.31. The summed E-state index contributed by atoms with van der Waals surface area (Å²) in [5, 5.41) is 17.1. The predicted molar refractivity (Wildman–Crippen MR) is 144 cm³/mol. The Balaban J connectivity index is 2.18. The Morgan fingerprint density at radius 2 is 1.38 bits per heavy atom. The van der Waals surface area contributed by atoms with Crippen molar-refractivity contribution < 1.29 is 27.8 Å². The fraction of sp³-hybridized carbons (Fsp3) is 0.192. The molecule has 3 aromatic rings. The van der Waals surface area contributed by atoms with Crippen LogP contribution in [0.3, 0.4) is 0 Å². The average molecular weight is 555 g/mol. The lowest BCUT2D eigenvalue weighted by Crippen LogP contribution is -2.50. The smallest absolute Gasteiger partial charge is 0.338 e. The number of aryl methyl sites for hydroxylation is 3. The number of benzene rings is 3. The van der Waals surface area contributed by atoms with E-state index in [0.29, 0.717) is 17.0 Å². The molecule has 0 aliphatic rings. The highest BCUT2D eigenvalue weighted by atomic mass is 32.2. The summed E-state index contributed by atoms with van der Waals surface area (Å²) in [5.41, 5.74) is 5.21. The van der Waals surface area contributed by atoms with E-state index in [2.05, 4.69) is 27.6 Å². The lowest BCUT2D eigenvalue weighted by Gasteiger charge is -2.12. The molecule has 0 aromatic heterocycles. The third-order valence-electron chi connectivity index (χ3n) is 5.84. The number of nitrogens with zero attached hydrogens (tertiary/aromatic N) is 2. The minimum absolute atomic E-state index is 0.0475. The van der Waals surface area contributed by atoms with Crippen molar-refractivity contribution in [2.24, 2.45) is 10.2 Å². The van der Waals surface area contributed by atoms with Crippen LogP contribution >= 0.6 is 0 Å². The van der Waals surface area contributed by atoms with Crippen LogP contribution in [0.2, 0.25) is 0 Å². The summed E-state index contributed by atoms with van der Waals surface area (Å²) >= 11 is 0. The van der Waals surface area contributed by atoms with Crippen molar-refractivity contribution in [1.29, 1.82) is 0 Å². The zero-order chi connectivity index (χ0) is 29.1. The number of anilines is 2. The summed E-state index contributed by atoms with van der Waals surface area (Å²) in [6.07, 6.45) is 0. The van der Waals surface area contributed by atoms with Gasteiger partial charge in [0.05, 0.1) is 36.1 Å². The van der Waals surface area contributed by atoms with Crippen molar-refractivity contribution in [1.82, 2.24) is 0 Å². The van der Waals surface area contributed by atoms with Crippen LogP contribution in [0, 0.1) is 20.8 Å². The number of sulfone groups is 1. The van der Waals surface area contributed by atoms with Crippen LogP contribution in [0.15, 0.2) is 67.0 Å². The van der Waals surface area contributed by atoms with Gasteiger partial charge in [-0.1, -0.05) is 6.58 Å². The van der Waals surface area contributed by atoms with E-state index in [1.807, 2.05) is 13.8 Å². The Bertz CT molecular complexity index is 1820. The predicted octanol–water partition coefficient (Wildman–Crippen LogP) is 1.70. The summed E-state index contributed by atoms with van der Waals surface area (Å²) in [6, 6.07) is 6.84. The SMILES string of the molecule is C=CS(=O)(=O)c1cc(OC)c(NN=c2c(=O)cc(C(=O)O)c(=NNc3cc(C)c(C)cc3OC)c2=O)cc1C. The van der Waals surface area contributed by atoms with Crippen molar-refractivity contribution in [3.8, 4) is 11.5 Å². The largest absolute Gasteiger partial charge is 0.495 e. The zero-order valence-electron chi connectivity index (χ0n) is 21.8. The van der Waals surface area contributed by atoms with Gasteiger partial charge in [0, 0.05) is 17.5 Å². The molecular formula is C26H26N4O8S. The van der Waals surface area contributed by atoms with E-state index in [1.54, 1.807) is 12.1 Å². The molecule has 0 atom stereocenters. The summed E-state index contributed by atoms with van der Waals surface area (Å²) in [5.74, 6) is -1.07. The molecule has 0 saturated carbocycles. The number of methoxy groups -OCH3 is 2. The molecule has 3 rings (SSSR count). The normalized spacial score (nSPS) is 12.2. The fourth-order valence-corrected chi connectivity index (χ4v) is 4.55. The number of rotatable bonds is 9. The third kappa shape index (κ3) is 5.88. The number of hydrogen-bond acceptors (Lipinski definition) is 11. The van der Waals surface area contributed by atoms with Gasteiger partial charge in [0.25, 0.3) is 0 Å². The van der Waals surface area contributed by atoms with Crippen molar-refractivity contribution in [3.63, 3.8) is 0 Å². The highest BCUT2D eigenvalue weighted by molar-refractivity contribution is 7.94. The summed E-state index contributed by atoms with van der Waals surface area (Å²) < 4.78 is 35.1. The van der Waals surface area contributed by atoms with Crippen molar-refractivity contribution in [2.45, 2.75) is 25.7 Å². The molecule has 0 bridgehead atoms. The molecule has 3 aromatic carbocycles. The van der Waals surface area contributed by atoms with E-state index < -0.39 is 42.9 Å². The minimum Gasteiger partial charge on any atom is -0.495 e. The Morgan fingerprint density at radius 3 is 1.92 bits per heavy atom. The molecule has 0 unspecified atom stereocenters. The molecule has 0 radical (unpaired) electrons. The van der Waals surface area contributed by atoms with E-state index in [9.17, 15) is 27.9 Å². The second kappa shape index (κ2) is 11.3. The van der Waals surface area contributed by atoms with Gasteiger partial charge in [0.1, 0.15) is 16.9 Å². The molecule has 0 aliphatic carbocycles. The third-order valence-corrected chi connectivity index (χ3v) is 7.33. The van der Waals surface area contributed by atoms with Crippen LogP contribution in [0.1, 0.15) is 27.0 Å². The molecule has 13 heteroatoms. The molecule has 0 saturated heterocycles. The van der Waals surface area contributed by atoms with Gasteiger partial charge < -0.3 is 14.6 Å². The molecule has 0 heterocycles. The van der Waals surface area contributed by atoms with E-state index in [1.165, 1.54) is 33.3 Å². The van der Waals surface area contributed by atoms with Gasteiger partial charge >= 0.3 is 5.97 Å². The maximum absolute atomic E-state index is 13.2. The first-order chi connectivity index (χ1) is 18.3. The van der Waals surface area contributed by atoms with E-state index in [4.69, 9.17) is 9.47 Å². The molecule has 0 spiro atoms. The zero-order valence-corrected chi connectivity index (χ0v) is 22.6. The molecule has 12 nitrogen and oxygen atoms in total. The molecular weight excluding hydrogens is 528 g/mol. The second-order valence-electron chi connectivity index (χ2n) is 8.37. The molecule has 3 N–H and O–H groups in total. The maximum atomic E-state index is 13.2. The number of carboxylic acid groups (broad SMARTS) is 1. The Hall–Kier alpha value is -4.78. The monoisotopic (exact) mass is 554 g/mol. The number of hydrogen-bond donors (Lipinski definition) is 3. The Morgan fingerprint density at radius 1 is 0.872 bits per heavy atom. The Labute approximate surface area is 223 Å². The van der Waals surface area contributed by atoms with Crippen LogP contribution in [0.25, 0.3) is 0 Å². The maximum Gasteiger partial charge on any atom is 0.338 e. The van der Waals surface area contributed by atoms with E-state index >= 15 is 0 Å². The van der Waals surface area contributed by atoms with Crippen LogP contribution in [0.4, 0.5) is 11.4 Å². The fourth-order valence-electron chi connectivity index (χ4n) is 3.59. The molecule has 39 heavy (non-hydrogen) atoms. The first-order valence-corrected chi connectivity index (χ1v) is 12.8. The van der Waals surface area contributed by atoms with Crippen LogP contribution in [0.5, 0.6) is 11.5 Å². The van der Waals surface area contributed by atoms with Gasteiger partial charge in [0.2, 0.25) is 10.9 Å². The van der Waals surface area contributed by atoms with Gasteiger partial charge in [-0.25, -0.2) is 13.2 Å². The topological polar surface area (TPSA) is 173 Å². The quantitative estimate of drug-likeness (QED) is 0.330. The van der Waals surface area contributed by atoms with Gasteiger partial charge in [0.15, 0.2) is 15.2 Å². The lowest BCUT2D eigenvalue weighted by molar-refractivity contribution is 0.0694. The summed E-state index contributed by atoms with van der Waals surface area (Å²) in [7, 11) is -1.03. The van der Waals surface area contributed by atoms with Crippen LogP contribution < -0.4 is 41.9 Å². The second-order valence-corrected chi connectivity index (χ2v) is 10.2. The van der Waals surface area contributed by atoms with Crippen LogP contribution in [-0.4, -0.2) is 33.7 Å². The molecule has 0 fully saturated rings. The number of ether oxygens (including phenoxy) is 2. The first-order valence-electron chi connectivity index (χ1n) is 11.3. The number of aromatic carboxylic acids is 1. The number of nitrogens with one attached hydrogen (secondary N) is 2. The number of carbonyl (C=O) groups is 1. The Kier molecular flexibility index (Phi) is 8.35.